The molecule has 11 heavy (non-hydrogen) atoms. The standard InChI is InChI=1S/C8H18O2Si/c1-5-11(6-2,7-3)10-8(4)9/h5-7H2,1-4H3. The predicted octanol–water partition coefficient (Wildman–Crippen LogP) is 2.55. The molecule has 0 saturated heterocycles. The molecule has 66 valence electrons. The van der Waals surface area contributed by atoms with Gasteiger partial charge in [-0.3, -0.25) is 4.79 Å². The maximum absolute atomic E-state index is 10.7. The summed E-state index contributed by atoms with van der Waals surface area (Å²) in [5, 5.41) is 0. The lowest BCUT2D eigenvalue weighted by Gasteiger charge is -2.26. The lowest BCUT2D eigenvalue weighted by atomic mass is 10.9. The molecule has 0 fully saturated rings. The first-order valence-corrected chi connectivity index (χ1v) is 6.82. The number of hydrogen-bond donors (Lipinski definition) is 0. The maximum atomic E-state index is 10.7. The van der Waals surface area contributed by atoms with Crippen LogP contribution in [0.2, 0.25) is 18.1 Å². The third kappa shape index (κ3) is 3.06. The molecule has 0 N–H and O–H groups in total. The van der Waals surface area contributed by atoms with Gasteiger partial charge in [0.1, 0.15) is 0 Å². The molecule has 0 aromatic rings. The van der Waals surface area contributed by atoms with Gasteiger partial charge in [0, 0.05) is 6.92 Å². The summed E-state index contributed by atoms with van der Waals surface area (Å²) < 4.78 is 5.39. The van der Waals surface area contributed by atoms with E-state index in [1.165, 1.54) is 6.92 Å². The van der Waals surface area contributed by atoms with E-state index < -0.39 is 8.32 Å². The Labute approximate surface area is 70.1 Å². The van der Waals surface area contributed by atoms with E-state index in [4.69, 9.17) is 4.43 Å². The molecule has 3 heteroatoms. The van der Waals surface area contributed by atoms with Crippen LogP contribution in [-0.4, -0.2) is 14.3 Å². The monoisotopic (exact) mass is 174 g/mol. The molecule has 0 aliphatic heterocycles. The van der Waals surface area contributed by atoms with Crippen LogP contribution in [-0.2, 0) is 9.22 Å². The molecule has 0 radical (unpaired) electrons. The quantitative estimate of drug-likeness (QED) is 0.612. The van der Waals surface area contributed by atoms with Gasteiger partial charge in [0.05, 0.1) is 0 Å². The van der Waals surface area contributed by atoms with Gasteiger partial charge in [0.25, 0.3) is 14.3 Å². The SMILES string of the molecule is CC[Si](CC)(CC)OC(C)=O. The lowest BCUT2D eigenvalue weighted by Crippen LogP contribution is -2.37. The van der Waals surface area contributed by atoms with Crippen molar-refractivity contribution in [2.45, 2.75) is 45.8 Å². The average Bonchev–Trinajstić information content (AvgIpc) is 2.00. The Balaban J connectivity index is 4.16. The molecule has 0 heterocycles. The summed E-state index contributed by atoms with van der Waals surface area (Å²) in [7, 11) is -1.63. The summed E-state index contributed by atoms with van der Waals surface area (Å²) in [5.41, 5.74) is 0. The molecule has 0 aromatic carbocycles. The van der Waals surface area contributed by atoms with Gasteiger partial charge in [-0.15, -0.1) is 0 Å². The van der Waals surface area contributed by atoms with Crippen molar-refractivity contribution in [1.82, 2.24) is 0 Å². The molecule has 0 bridgehead atoms. The molecule has 0 aromatic heterocycles. The molecule has 0 rings (SSSR count). The minimum atomic E-state index is -1.63. The van der Waals surface area contributed by atoms with Crippen molar-refractivity contribution in [2.24, 2.45) is 0 Å². The first-order valence-electron chi connectivity index (χ1n) is 4.29. The second-order valence-electron chi connectivity index (χ2n) is 2.84. The van der Waals surface area contributed by atoms with Crippen molar-refractivity contribution in [3.05, 3.63) is 0 Å². The fraction of sp³-hybridized carbons (Fsp3) is 0.875. The number of hydrogen-bond acceptors (Lipinski definition) is 2. The van der Waals surface area contributed by atoms with E-state index in [0.717, 1.165) is 18.1 Å². The topological polar surface area (TPSA) is 26.3 Å². The van der Waals surface area contributed by atoms with E-state index in [-0.39, 0.29) is 5.97 Å². The van der Waals surface area contributed by atoms with Gasteiger partial charge in [0.15, 0.2) is 0 Å². The van der Waals surface area contributed by atoms with Crippen LogP contribution >= 0.6 is 0 Å². The summed E-state index contributed by atoms with van der Waals surface area (Å²) in [6, 6.07) is 3.12. The van der Waals surface area contributed by atoms with E-state index in [1.54, 1.807) is 0 Å². The zero-order chi connectivity index (χ0) is 8.91. The number of rotatable bonds is 4. The van der Waals surface area contributed by atoms with Crippen LogP contribution in [0, 0.1) is 0 Å². The minimum absolute atomic E-state index is 0.109. The molecular formula is C8H18O2Si. The van der Waals surface area contributed by atoms with E-state index in [0.29, 0.717) is 0 Å². The Morgan fingerprint density at radius 2 is 1.55 bits per heavy atom. The summed E-state index contributed by atoms with van der Waals surface area (Å²) in [4.78, 5) is 10.7. The van der Waals surface area contributed by atoms with Crippen molar-refractivity contribution >= 4 is 14.3 Å². The van der Waals surface area contributed by atoms with Gasteiger partial charge < -0.3 is 4.43 Å². The number of carbonyl (C=O) groups excluding carboxylic acids is 1. The molecule has 0 amide bonds. The fourth-order valence-corrected chi connectivity index (χ4v) is 3.81. The first-order chi connectivity index (χ1) is 5.10. The maximum Gasteiger partial charge on any atom is 0.289 e. The normalized spacial score (nSPS) is 11.3. The Morgan fingerprint density at radius 3 is 1.64 bits per heavy atom. The second-order valence-corrected chi connectivity index (χ2v) is 7.53. The highest BCUT2D eigenvalue weighted by atomic mass is 28.4. The summed E-state index contributed by atoms with van der Waals surface area (Å²) in [6.07, 6.45) is 0. The zero-order valence-electron chi connectivity index (χ0n) is 7.94. The van der Waals surface area contributed by atoms with Crippen LogP contribution in [0.15, 0.2) is 0 Å². The van der Waals surface area contributed by atoms with Crippen molar-refractivity contribution in [1.29, 1.82) is 0 Å². The van der Waals surface area contributed by atoms with Gasteiger partial charge >= 0.3 is 0 Å². The lowest BCUT2D eigenvalue weighted by molar-refractivity contribution is -0.132. The Morgan fingerprint density at radius 1 is 1.18 bits per heavy atom. The molecule has 0 atom stereocenters. The van der Waals surface area contributed by atoms with Crippen LogP contribution in [0.4, 0.5) is 0 Å². The number of carbonyl (C=O) groups is 1. The molecule has 0 spiro atoms. The average molecular weight is 174 g/mol. The first kappa shape index (κ1) is 10.7. The van der Waals surface area contributed by atoms with Crippen LogP contribution < -0.4 is 0 Å². The highest BCUT2D eigenvalue weighted by Crippen LogP contribution is 2.21. The van der Waals surface area contributed by atoms with Crippen LogP contribution in [0.25, 0.3) is 0 Å². The summed E-state index contributed by atoms with van der Waals surface area (Å²) in [5.74, 6) is -0.109. The molecule has 0 saturated carbocycles. The van der Waals surface area contributed by atoms with Crippen LogP contribution in [0.3, 0.4) is 0 Å². The highest BCUT2D eigenvalue weighted by Gasteiger charge is 2.31. The van der Waals surface area contributed by atoms with E-state index >= 15 is 0 Å². The third-order valence-corrected chi connectivity index (χ3v) is 6.88. The molecular weight excluding hydrogens is 156 g/mol. The predicted molar refractivity (Wildman–Crippen MR) is 49.0 cm³/mol. The van der Waals surface area contributed by atoms with E-state index in [1.807, 2.05) is 0 Å². The fourth-order valence-electron chi connectivity index (χ4n) is 1.27. The molecule has 0 aliphatic carbocycles. The van der Waals surface area contributed by atoms with Gasteiger partial charge in [0.2, 0.25) is 0 Å². The van der Waals surface area contributed by atoms with Crippen LogP contribution in [0.5, 0.6) is 0 Å². The van der Waals surface area contributed by atoms with E-state index in [2.05, 4.69) is 20.8 Å². The third-order valence-electron chi connectivity index (χ3n) is 2.29. The Hall–Kier alpha value is -0.313. The summed E-state index contributed by atoms with van der Waals surface area (Å²) >= 11 is 0. The molecule has 2 nitrogen and oxygen atoms in total. The van der Waals surface area contributed by atoms with Crippen molar-refractivity contribution < 1.29 is 9.22 Å². The summed E-state index contributed by atoms with van der Waals surface area (Å²) in [6.45, 7) is 7.84. The highest BCUT2D eigenvalue weighted by molar-refractivity contribution is 6.74. The van der Waals surface area contributed by atoms with Crippen molar-refractivity contribution in [3.63, 3.8) is 0 Å². The van der Waals surface area contributed by atoms with Crippen molar-refractivity contribution in [2.75, 3.05) is 0 Å². The van der Waals surface area contributed by atoms with Gasteiger partial charge in [-0.05, 0) is 18.1 Å². The van der Waals surface area contributed by atoms with Crippen molar-refractivity contribution in [3.8, 4) is 0 Å². The minimum Gasteiger partial charge on any atom is -0.519 e. The largest absolute Gasteiger partial charge is 0.519 e. The Kier molecular flexibility index (Phi) is 4.41. The Bertz CT molecular complexity index is 122. The van der Waals surface area contributed by atoms with E-state index in [9.17, 15) is 4.79 Å². The van der Waals surface area contributed by atoms with Crippen LogP contribution in [0.1, 0.15) is 27.7 Å². The second kappa shape index (κ2) is 4.54. The smallest absolute Gasteiger partial charge is 0.289 e. The van der Waals surface area contributed by atoms with Gasteiger partial charge in [-0.2, -0.15) is 0 Å². The molecule has 0 unspecified atom stereocenters. The van der Waals surface area contributed by atoms with Gasteiger partial charge in [-0.25, -0.2) is 0 Å². The zero-order valence-corrected chi connectivity index (χ0v) is 8.94. The molecule has 0 aliphatic rings. The van der Waals surface area contributed by atoms with Gasteiger partial charge in [-0.1, -0.05) is 20.8 Å².